The summed E-state index contributed by atoms with van der Waals surface area (Å²) >= 11 is 3.38. The first-order valence-electron chi connectivity index (χ1n) is 9.56. The van der Waals surface area contributed by atoms with Crippen LogP contribution in [0, 0.1) is 13.8 Å². The van der Waals surface area contributed by atoms with Gasteiger partial charge in [0.2, 0.25) is 0 Å². The number of carbonyl (C=O) groups excluding carboxylic acids is 1. The van der Waals surface area contributed by atoms with Crippen LogP contribution in [0.4, 0.5) is 0 Å². The fourth-order valence-corrected chi connectivity index (χ4v) is 3.14. The number of carbonyl (C=O) groups is 1. The minimum absolute atomic E-state index is 0.0880. The SMILES string of the molecule is CCNC(=NCCCn1nc(C)cc1C)NCCNC(=O)c1cccc(Br)c1. The smallest absolute Gasteiger partial charge is 0.251 e. The Morgan fingerprint density at radius 1 is 1.18 bits per heavy atom. The third-order valence-electron chi connectivity index (χ3n) is 4.04. The molecule has 0 aliphatic carbocycles. The Morgan fingerprint density at radius 3 is 2.64 bits per heavy atom. The van der Waals surface area contributed by atoms with E-state index in [4.69, 9.17) is 0 Å². The molecule has 0 aliphatic heterocycles. The first kappa shape index (κ1) is 21.9. The summed E-state index contributed by atoms with van der Waals surface area (Å²) in [5, 5.41) is 13.8. The summed E-state index contributed by atoms with van der Waals surface area (Å²) in [6.07, 6.45) is 0.915. The van der Waals surface area contributed by atoms with Crippen LogP contribution in [-0.2, 0) is 6.54 Å². The van der Waals surface area contributed by atoms with Crippen molar-refractivity contribution in [3.8, 4) is 0 Å². The van der Waals surface area contributed by atoms with Gasteiger partial charge in [0.15, 0.2) is 5.96 Å². The van der Waals surface area contributed by atoms with Crippen LogP contribution >= 0.6 is 15.9 Å². The number of guanidine groups is 1. The van der Waals surface area contributed by atoms with E-state index in [0.717, 1.165) is 35.6 Å². The van der Waals surface area contributed by atoms with Crippen molar-refractivity contribution < 1.29 is 4.79 Å². The molecular weight excluding hydrogens is 420 g/mol. The van der Waals surface area contributed by atoms with Gasteiger partial charge in [-0.2, -0.15) is 5.10 Å². The molecule has 28 heavy (non-hydrogen) atoms. The van der Waals surface area contributed by atoms with E-state index < -0.39 is 0 Å². The Kier molecular flexibility index (Phi) is 9.00. The average Bonchev–Trinajstić information content (AvgIpc) is 2.99. The largest absolute Gasteiger partial charge is 0.357 e. The number of hydrogen-bond acceptors (Lipinski definition) is 3. The van der Waals surface area contributed by atoms with Crippen LogP contribution in [0.3, 0.4) is 0 Å². The third-order valence-corrected chi connectivity index (χ3v) is 4.53. The Bertz CT molecular complexity index is 802. The average molecular weight is 449 g/mol. The van der Waals surface area contributed by atoms with E-state index in [1.807, 2.05) is 30.7 Å². The zero-order valence-corrected chi connectivity index (χ0v) is 18.3. The number of nitrogens with one attached hydrogen (secondary N) is 3. The summed E-state index contributed by atoms with van der Waals surface area (Å²) in [7, 11) is 0. The van der Waals surface area contributed by atoms with E-state index in [-0.39, 0.29) is 5.91 Å². The first-order valence-corrected chi connectivity index (χ1v) is 10.4. The minimum atomic E-state index is -0.0880. The molecular formula is C20H29BrN6O. The van der Waals surface area contributed by atoms with E-state index >= 15 is 0 Å². The molecule has 0 radical (unpaired) electrons. The van der Waals surface area contributed by atoms with Crippen LogP contribution in [-0.4, -0.2) is 47.8 Å². The summed E-state index contributed by atoms with van der Waals surface area (Å²) < 4.78 is 2.91. The van der Waals surface area contributed by atoms with Crippen LogP contribution < -0.4 is 16.0 Å². The lowest BCUT2D eigenvalue weighted by atomic mass is 10.2. The van der Waals surface area contributed by atoms with Crippen LogP contribution in [0.1, 0.15) is 35.1 Å². The van der Waals surface area contributed by atoms with Crippen molar-refractivity contribution in [2.24, 2.45) is 4.99 Å². The van der Waals surface area contributed by atoms with E-state index in [1.165, 1.54) is 5.69 Å². The fraction of sp³-hybridized carbons (Fsp3) is 0.450. The fourth-order valence-electron chi connectivity index (χ4n) is 2.74. The predicted octanol–water partition coefficient (Wildman–Crippen LogP) is 2.64. The number of nitrogens with zero attached hydrogens (tertiary/aromatic N) is 3. The van der Waals surface area contributed by atoms with Gasteiger partial charge >= 0.3 is 0 Å². The molecule has 152 valence electrons. The van der Waals surface area contributed by atoms with Crippen molar-refractivity contribution in [3.05, 3.63) is 51.8 Å². The van der Waals surface area contributed by atoms with Gasteiger partial charge in [-0.3, -0.25) is 14.5 Å². The highest BCUT2D eigenvalue weighted by Crippen LogP contribution is 2.11. The molecule has 1 aromatic heterocycles. The van der Waals surface area contributed by atoms with Crippen LogP contribution in [0.25, 0.3) is 0 Å². The summed E-state index contributed by atoms with van der Waals surface area (Å²) in [6, 6.07) is 9.42. The zero-order chi connectivity index (χ0) is 20.4. The highest BCUT2D eigenvalue weighted by molar-refractivity contribution is 9.10. The maximum absolute atomic E-state index is 12.1. The summed E-state index contributed by atoms with van der Waals surface area (Å²) in [5.74, 6) is 0.669. The van der Waals surface area contributed by atoms with Crippen LogP contribution in [0.2, 0.25) is 0 Å². The molecule has 1 amide bonds. The Balaban J connectivity index is 1.71. The van der Waals surface area contributed by atoms with Gasteiger partial charge in [0.25, 0.3) is 5.91 Å². The van der Waals surface area contributed by atoms with Crippen molar-refractivity contribution in [3.63, 3.8) is 0 Å². The van der Waals surface area contributed by atoms with Gasteiger partial charge in [-0.05, 0) is 51.5 Å². The molecule has 0 bridgehead atoms. The highest BCUT2D eigenvalue weighted by Gasteiger charge is 2.05. The molecule has 0 saturated heterocycles. The molecule has 3 N–H and O–H groups in total. The number of aromatic nitrogens is 2. The topological polar surface area (TPSA) is 83.3 Å². The third kappa shape index (κ3) is 7.34. The summed E-state index contributed by atoms with van der Waals surface area (Å²) in [5.41, 5.74) is 2.85. The first-order chi connectivity index (χ1) is 13.5. The zero-order valence-electron chi connectivity index (χ0n) is 16.8. The molecule has 0 saturated carbocycles. The lowest BCUT2D eigenvalue weighted by Gasteiger charge is -2.12. The molecule has 0 unspecified atom stereocenters. The number of rotatable bonds is 9. The number of aliphatic imine (C=N–C) groups is 1. The van der Waals surface area contributed by atoms with Crippen molar-refractivity contribution in [1.29, 1.82) is 0 Å². The molecule has 0 fully saturated rings. The molecule has 1 heterocycles. The van der Waals surface area contributed by atoms with E-state index in [2.05, 4.69) is 55.0 Å². The molecule has 2 rings (SSSR count). The van der Waals surface area contributed by atoms with Gasteiger partial charge < -0.3 is 16.0 Å². The Labute approximate surface area is 175 Å². The van der Waals surface area contributed by atoms with Crippen LogP contribution in [0.5, 0.6) is 0 Å². The number of amides is 1. The highest BCUT2D eigenvalue weighted by atomic mass is 79.9. The van der Waals surface area contributed by atoms with Gasteiger partial charge in [-0.15, -0.1) is 0 Å². The lowest BCUT2D eigenvalue weighted by Crippen LogP contribution is -2.41. The summed E-state index contributed by atoms with van der Waals surface area (Å²) in [6.45, 7) is 9.56. The standard InChI is InChI=1S/C20H29BrN6O/c1-4-22-20(24-9-6-12-27-16(3)13-15(2)26-27)25-11-10-23-19(28)17-7-5-8-18(21)14-17/h5,7-8,13-14H,4,6,9-12H2,1-3H3,(H,23,28)(H2,22,24,25). The monoisotopic (exact) mass is 448 g/mol. The number of aryl methyl sites for hydroxylation is 3. The van der Waals surface area contributed by atoms with Gasteiger partial charge in [0.05, 0.1) is 5.69 Å². The second-order valence-corrected chi connectivity index (χ2v) is 7.37. The van der Waals surface area contributed by atoms with Gasteiger partial charge in [-0.25, -0.2) is 0 Å². The molecule has 1 aromatic carbocycles. The molecule has 0 aliphatic rings. The van der Waals surface area contributed by atoms with E-state index in [0.29, 0.717) is 25.2 Å². The number of benzene rings is 1. The molecule has 2 aromatic rings. The second-order valence-electron chi connectivity index (χ2n) is 6.46. The maximum Gasteiger partial charge on any atom is 0.251 e. The lowest BCUT2D eigenvalue weighted by molar-refractivity contribution is 0.0954. The van der Waals surface area contributed by atoms with E-state index in [9.17, 15) is 4.79 Å². The maximum atomic E-state index is 12.1. The molecule has 8 heteroatoms. The second kappa shape index (κ2) is 11.5. The number of hydrogen-bond donors (Lipinski definition) is 3. The van der Waals surface area contributed by atoms with Gasteiger partial charge in [0, 0.05) is 48.5 Å². The molecule has 0 spiro atoms. The quantitative estimate of drug-likeness (QED) is 0.312. The minimum Gasteiger partial charge on any atom is -0.357 e. The summed E-state index contributed by atoms with van der Waals surface area (Å²) in [4.78, 5) is 16.7. The van der Waals surface area contributed by atoms with Crippen LogP contribution in [0.15, 0.2) is 39.8 Å². The van der Waals surface area contributed by atoms with Crippen molar-refractivity contribution in [2.75, 3.05) is 26.2 Å². The van der Waals surface area contributed by atoms with Crippen molar-refractivity contribution in [1.82, 2.24) is 25.7 Å². The van der Waals surface area contributed by atoms with Gasteiger partial charge in [-0.1, -0.05) is 22.0 Å². The predicted molar refractivity (Wildman–Crippen MR) is 117 cm³/mol. The van der Waals surface area contributed by atoms with Crippen molar-refractivity contribution >= 4 is 27.8 Å². The molecule has 7 nitrogen and oxygen atoms in total. The van der Waals surface area contributed by atoms with Gasteiger partial charge in [0.1, 0.15) is 0 Å². The van der Waals surface area contributed by atoms with E-state index in [1.54, 1.807) is 12.1 Å². The number of halogens is 1. The molecule has 0 atom stereocenters. The Hall–Kier alpha value is -2.35. The normalized spacial score (nSPS) is 11.4. The Morgan fingerprint density at radius 2 is 1.96 bits per heavy atom. The van der Waals surface area contributed by atoms with Crippen molar-refractivity contribution in [2.45, 2.75) is 33.7 Å².